The first-order valence-electron chi connectivity index (χ1n) is 10.1. The first-order chi connectivity index (χ1) is 18.6. The van der Waals surface area contributed by atoms with Crippen LogP contribution in [0.5, 0.6) is 5.75 Å². The number of amidine groups is 1. The number of carboxylic acids is 2. The zero-order valence-corrected chi connectivity index (χ0v) is 21.3. The molecule has 1 heterocycles. The normalized spacial score (nSPS) is 15.2. The zero-order valence-electron chi connectivity index (χ0n) is 19.8. The summed E-state index contributed by atoms with van der Waals surface area (Å²) in [6.07, 6.45) is -13.4. The van der Waals surface area contributed by atoms with Gasteiger partial charge in [0.2, 0.25) is 0 Å². The molecule has 1 aromatic rings. The summed E-state index contributed by atoms with van der Waals surface area (Å²) in [7, 11) is 0. The Morgan fingerprint density at radius 1 is 0.810 bits per heavy atom. The van der Waals surface area contributed by atoms with Gasteiger partial charge in [-0.3, -0.25) is 4.99 Å². The fourth-order valence-corrected chi connectivity index (χ4v) is 2.63. The van der Waals surface area contributed by atoms with Crippen molar-refractivity contribution >= 4 is 41.0 Å². The number of aliphatic imine (C=N–C) groups is 1. The lowest BCUT2D eigenvalue weighted by atomic mass is 10.1. The summed E-state index contributed by atoms with van der Waals surface area (Å²) in [5.41, 5.74) is 0. The predicted molar refractivity (Wildman–Crippen MR) is 114 cm³/mol. The lowest BCUT2D eigenvalue weighted by Gasteiger charge is -2.24. The van der Waals surface area contributed by atoms with Crippen LogP contribution >= 0.6 is 23.2 Å². The maximum Gasteiger partial charge on any atom is 0.460 e. The Morgan fingerprint density at radius 3 is 1.40 bits per heavy atom. The molecule has 1 aliphatic rings. The van der Waals surface area contributed by atoms with Crippen LogP contribution in [0.3, 0.4) is 0 Å². The molecular weight excluding hydrogens is 673 g/mol. The van der Waals surface area contributed by atoms with Crippen molar-refractivity contribution in [1.82, 2.24) is 5.32 Å². The van der Waals surface area contributed by atoms with Gasteiger partial charge in [0.1, 0.15) is 5.84 Å². The highest BCUT2D eigenvalue weighted by Crippen LogP contribution is 2.47. The number of hydrogen-bond donors (Lipinski definition) is 3. The molecule has 0 spiro atoms. The molecule has 2 rings (SSSR count). The minimum atomic E-state index is -6.60. The van der Waals surface area contributed by atoms with Crippen molar-refractivity contribution in [3.63, 3.8) is 0 Å². The van der Waals surface area contributed by atoms with Crippen molar-refractivity contribution in [2.45, 2.75) is 49.1 Å². The Balaban J connectivity index is 0.000000607. The smallest absolute Gasteiger partial charge is 0.460 e. The molecule has 0 radical (unpaired) electrons. The van der Waals surface area contributed by atoms with E-state index in [-0.39, 0.29) is 6.10 Å². The number of alkyl halides is 14. The second-order valence-corrected chi connectivity index (χ2v) is 8.22. The fourth-order valence-electron chi connectivity index (χ4n) is 2.14. The van der Waals surface area contributed by atoms with Gasteiger partial charge >= 0.3 is 48.0 Å². The number of carboxylic acid groups (broad SMARTS) is 2. The van der Waals surface area contributed by atoms with Gasteiger partial charge in [0, 0.05) is 6.54 Å². The average molecular weight is 687 g/mol. The molecule has 42 heavy (non-hydrogen) atoms. The largest absolute Gasteiger partial charge is 0.480 e. The van der Waals surface area contributed by atoms with Crippen molar-refractivity contribution in [3.05, 3.63) is 28.2 Å². The van der Waals surface area contributed by atoms with Crippen LogP contribution in [-0.4, -0.2) is 83.2 Å². The van der Waals surface area contributed by atoms with Crippen molar-refractivity contribution in [1.29, 1.82) is 0 Å². The lowest BCUT2D eigenvalue weighted by molar-refractivity contribution is -0.347. The summed E-state index contributed by atoms with van der Waals surface area (Å²) in [6, 6.07) is 5.28. The van der Waals surface area contributed by atoms with E-state index in [2.05, 4.69) is 10.3 Å². The Kier molecular flexibility index (Phi) is 12.6. The molecule has 0 aliphatic carbocycles. The van der Waals surface area contributed by atoms with Crippen LogP contribution in [0, 0.1) is 0 Å². The number of benzene rings is 1. The zero-order chi connectivity index (χ0) is 33.7. The van der Waals surface area contributed by atoms with Gasteiger partial charge in [-0.1, -0.05) is 29.3 Å². The molecule has 23 heteroatoms. The van der Waals surface area contributed by atoms with Gasteiger partial charge in [-0.05, 0) is 19.1 Å². The highest BCUT2D eigenvalue weighted by Gasteiger charge is 2.77. The van der Waals surface area contributed by atoms with Gasteiger partial charge in [0.15, 0.2) is 11.9 Å². The summed E-state index contributed by atoms with van der Waals surface area (Å²) >= 11 is 12.0. The third kappa shape index (κ3) is 8.77. The summed E-state index contributed by atoms with van der Waals surface area (Å²) < 4.78 is 167. The van der Waals surface area contributed by atoms with E-state index in [9.17, 15) is 71.1 Å². The molecule has 3 N–H and O–H groups in total. The third-order valence-corrected chi connectivity index (χ3v) is 4.93. The highest BCUT2D eigenvalue weighted by atomic mass is 35.5. The van der Waals surface area contributed by atoms with Gasteiger partial charge < -0.3 is 20.3 Å². The molecule has 242 valence electrons. The molecule has 0 bridgehead atoms. The number of halogens is 16. The second kappa shape index (κ2) is 13.6. The number of hydrogen-bond acceptors (Lipinski definition) is 5. The Labute approximate surface area is 234 Å². The van der Waals surface area contributed by atoms with E-state index in [1.807, 2.05) is 6.92 Å². The van der Waals surface area contributed by atoms with E-state index in [1.165, 1.54) is 0 Å². The first-order valence-corrected chi connectivity index (χ1v) is 10.8. The number of nitrogens with zero attached hydrogens (tertiary/aromatic N) is 1. The summed E-state index contributed by atoms with van der Waals surface area (Å²) in [6.45, 7) is 3.56. The maximum atomic E-state index is 11.8. The molecule has 0 fully saturated rings. The van der Waals surface area contributed by atoms with Crippen LogP contribution in [0.15, 0.2) is 23.2 Å². The summed E-state index contributed by atoms with van der Waals surface area (Å²) in [4.78, 5) is 23.1. The van der Waals surface area contributed by atoms with Gasteiger partial charge in [0.25, 0.3) is 0 Å². The number of rotatable bonds is 7. The van der Waals surface area contributed by atoms with E-state index in [0.717, 1.165) is 18.9 Å². The molecule has 1 aliphatic heterocycles. The summed E-state index contributed by atoms with van der Waals surface area (Å²) in [5, 5.41) is 19.0. The van der Waals surface area contributed by atoms with Crippen molar-refractivity contribution in [3.8, 4) is 5.75 Å². The average Bonchev–Trinajstić information content (AvgIpc) is 3.35. The standard InChI is InChI=1S/C11H12Cl2N2O.2C4HF7O2/c1-7(11-14-5-6-15-11)16-10-8(12)3-2-4-9(10)13;2*5-2(6,1(12)13)3(7,8)4(9,10)11/h2-4,7H,5-6H2,1H3,(H,14,15);2*(H,12,13). The Hall–Kier alpha value is -2.97. The minimum Gasteiger partial charge on any atom is -0.480 e. The van der Waals surface area contributed by atoms with Crippen LogP contribution in [0.4, 0.5) is 61.5 Å². The molecule has 1 aromatic carbocycles. The topological polar surface area (TPSA) is 108 Å². The van der Waals surface area contributed by atoms with Crippen LogP contribution in [0.2, 0.25) is 10.0 Å². The van der Waals surface area contributed by atoms with Gasteiger partial charge in [-0.2, -0.15) is 61.5 Å². The van der Waals surface area contributed by atoms with Gasteiger partial charge in [-0.25, -0.2) is 9.59 Å². The number of ether oxygens (including phenoxy) is 1. The minimum absolute atomic E-state index is 0.167. The van der Waals surface area contributed by atoms with E-state index in [4.69, 9.17) is 38.2 Å². The van der Waals surface area contributed by atoms with E-state index in [0.29, 0.717) is 15.8 Å². The SMILES string of the molecule is CC(Oc1c(Cl)cccc1Cl)C1=NCCN1.O=C(O)C(F)(F)C(F)(F)C(F)(F)F.O=C(O)C(F)(F)C(F)(F)C(F)(F)F. The Bertz CT molecular complexity index is 1070. The number of para-hydroxylation sites is 1. The van der Waals surface area contributed by atoms with Crippen molar-refractivity contribution in [2.75, 3.05) is 13.1 Å². The molecular formula is C19H14Cl2F14N2O5. The molecule has 7 nitrogen and oxygen atoms in total. The summed E-state index contributed by atoms with van der Waals surface area (Å²) in [5.74, 6) is -31.2. The van der Waals surface area contributed by atoms with E-state index in [1.54, 1.807) is 18.2 Å². The number of nitrogens with one attached hydrogen (secondary N) is 1. The molecule has 0 saturated carbocycles. The van der Waals surface area contributed by atoms with Crippen LogP contribution < -0.4 is 10.1 Å². The quantitative estimate of drug-likeness (QED) is 0.280. The first kappa shape index (κ1) is 39.0. The highest BCUT2D eigenvalue weighted by molar-refractivity contribution is 6.37. The van der Waals surface area contributed by atoms with Crippen LogP contribution in [-0.2, 0) is 9.59 Å². The van der Waals surface area contributed by atoms with E-state index >= 15 is 0 Å². The molecule has 0 amide bonds. The van der Waals surface area contributed by atoms with Gasteiger partial charge in [0.05, 0.1) is 16.6 Å². The second-order valence-electron chi connectivity index (χ2n) is 7.41. The molecule has 1 unspecified atom stereocenters. The maximum absolute atomic E-state index is 11.8. The molecule has 0 aromatic heterocycles. The monoisotopic (exact) mass is 686 g/mol. The molecule has 1 atom stereocenters. The lowest BCUT2D eigenvalue weighted by Crippen LogP contribution is -2.56. The number of carbonyl (C=O) groups is 2. The van der Waals surface area contributed by atoms with Crippen molar-refractivity contribution < 1.29 is 86.0 Å². The predicted octanol–water partition coefficient (Wildman–Crippen LogP) is 6.57. The van der Waals surface area contributed by atoms with Crippen LogP contribution in [0.25, 0.3) is 0 Å². The molecule has 0 saturated heterocycles. The fraction of sp³-hybridized carbons (Fsp3) is 0.526. The Morgan fingerprint density at radius 2 is 1.17 bits per heavy atom. The van der Waals surface area contributed by atoms with Crippen molar-refractivity contribution in [2.24, 2.45) is 4.99 Å². The third-order valence-electron chi connectivity index (χ3n) is 4.34. The van der Waals surface area contributed by atoms with E-state index < -0.39 is 48.0 Å². The van der Waals surface area contributed by atoms with Crippen LogP contribution in [0.1, 0.15) is 6.92 Å². The van der Waals surface area contributed by atoms with Gasteiger partial charge in [-0.15, -0.1) is 0 Å². The number of aliphatic carboxylic acids is 2.